The van der Waals surface area contributed by atoms with Gasteiger partial charge >= 0.3 is 0 Å². The molecule has 2 aromatic rings. The van der Waals surface area contributed by atoms with Crippen LogP contribution in [0.1, 0.15) is 30.5 Å². The van der Waals surface area contributed by atoms with Gasteiger partial charge in [0.15, 0.2) is 0 Å². The normalized spacial score (nSPS) is 14.1. The number of aromatic hydroxyl groups is 1. The molecule has 2 aromatic carbocycles. The minimum absolute atomic E-state index is 0.00614. The van der Waals surface area contributed by atoms with Crippen LogP contribution < -0.4 is 22.1 Å². The minimum atomic E-state index is -0.850. The Bertz CT molecular complexity index is 870. The average Bonchev–Trinajstić information content (AvgIpc) is 2.70. The number of carbonyl (C=O) groups excluding carboxylic acids is 2. The number of hydrogen-bond donors (Lipinski definition) is 5. The van der Waals surface area contributed by atoms with Crippen LogP contribution in [0.25, 0.3) is 0 Å². The highest BCUT2D eigenvalue weighted by Gasteiger charge is 2.27. The molecule has 0 aliphatic heterocycles. The first-order valence-corrected chi connectivity index (χ1v) is 10.6. The molecule has 168 valence electrons. The number of aryl methyl sites for hydroxylation is 1. The Labute approximate surface area is 184 Å². The maximum atomic E-state index is 12.9. The zero-order valence-electron chi connectivity index (χ0n) is 18.5. The van der Waals surface area contributed by atoms with Gasteiger partial charge in [0, 0.05) is 19.0 Å². The van der Waals surface area contributed by atoms with E-state index in [1.165, 1.54) is 0 Å². The van der Waals surface area contributed by atoms with Crippen molar-refractivity contribution in [3.05, 3.63) is 65.2 Å². The lowest BCUT2D eigenvalue weighted by atomic mass is 9.99. The van der Waals surface area contributed by atoms with Gasteiger partial charge in [-0.15, -0.1) is 0 Å². The van der Waals surface area contributed by atoms with E-state index >= 15 is 0 Å². The fourth-order valence-electron chi connectivity index (χ4n) is 3.46. The first-order valence-electron chi connectivity index (χ1n) is 10.6. The Morgan fingerprint density at radius 2 is 1.71 bits per heavy atom. The topological polar surface area (TPSA) is 130 Å². The lowest BCUT2D eigenvalue weighted by molar-refractivity contribution is -0.129. The zero-order chi connectivity index (χ0) is 23.0. The van der Waals surface area contributed by atoms with Gasteiger partial charge in [0.05, 0.1) is 6.04 Å². The van der Waals surface area contributed by atoms with E-state index in [2.05, 4.69) is 10.6 Å². The number of nitrogens with two attached hydrogens (primary N) is 2. The largest absolute Gasteiger partial charge is 0.508 e. The summed E-state index contributed by atoms with van der Waals surface area (Å²) >= 11 is 0. The number of nitrogens with one attached hydrogen (secondary N) is 2. The molecule has 7 N–H and O–H groups in total. The van der Waals surface area contributed by atoms with Crippen molar-refractivity contribution in [1.29, 1.82) is 0 Å². The molecule has 0 spiro atoms. The Balaban J connectivity index is 1.98. The second-order valence-corrected chi connectivity index (χ2v) is 8.37. The fourth-order valence-corrected chi connectivity index (χ4v) is 3.46. The summed E-state index contributed by atoms with van der Waals surface area (Å²) in [7, 11) is 0. The second-order valence-electron chi connectivity index (χ2n) is 8.37. The molecule has 0 aromatic heterocycles. The molecule has 7 heteroatoms. The van der Waals surface area contributed by atoms with Gasteiger partial charge < -0.3 is 27.2 Å². The predicted molar refractivity (Wildman–Crippen MR) is 122 cm³/mol. The van der Waals surface area contributed by atoms with Crippen molar-refractivity contribution in [1.82, 2.24) is 10.6 Å². The van der Waals surface area contributed by atoms with Gasteiger partial charge in [0.1, 0.15) is 11.8 Å². The highest BCUT2D eigenvalue weighted by molar-refractivity contribution is 5.89. The summed E-state index contributed by atoms with van der Waals surface area (Å²) < 4.78 is 0. The molecule has 0 radical (unpaired) electrons. The molecule has 7 nitrogen and oxygen atoms in total. The molecule has 2 rings (SSSR count). The van der Waals surface area contributed by atoms with Gasteiger partial charge in [-0.25, -0.2) is 0 Å². The van der Waals surface area contributed by atoms with E-state index in [1.807, 2.05) is 44.2 Å². The number of phenolic OH excluding ortho intramolecular Hbond substituents is 1. The molecule has 0 aliphatic carbocycles. The van der Waals surface area contributed by atoms with Crippen LogP contribution in [0.15, 0.2) is 48.5 Å². The average molecular weight is 427 g/mol. The van der Waals surface area contributed by atoms with E-state index in [9.17, 15) is 14.7 Å². The summed E-state index contributed by atoms with van der Waals surface area (Å²) in [5.41, 5.74) is 14.4. The van der Waals surface area contributed by atoms with Gasteiger partial charge in [-0.3, -0.25) is 9.59 Å². The lowest BCUT2D eigenvalue weighted by Gasteiger charge is -2.26. The Kier molecular flexibility index (Phi) is 9.03. The van der Waals surface area contributed by atoms with Crippen molar-refractivity contribution in [2.45, 2.75) is 51.7 Å². The van der Waals surface area contributed by atoms with Gasteiger partial charge in [-0.1, -0.05) is 56.3 Å². The van der Waals surface area contributed by atoms with Gasteiger partial charge in [-0.2, -0.15) is 0 Å². The monoisotopic (exact) mass is 426 g/mol. The molecule has 0 heterocycles. The van der Waals surface area contributed by atoms with Crippen molar-refractivity contribution in [2.75, 3.05) is 6.54 Å². The first kappa shape index (κ1) is 24.4. The minimum Gasteiger partial charge on any atom is -0.508 e. The number of carbonyl (C=O) groups is 2. The van der Waals surface area contributed by atoms with Gasteiger partial charge in [0.25, 0.3) is 0 Å². The number of rotatable bonds is 11. The fraction of sp³-hybridized carbons (Fsp3) is 0.417. The van der Waals surface area contributed by atoms with Crippen molar-refractivity contribution >= 4 is 11.8 Å². The molecular formula is C24H34N4O3. The molecule has 0 saturated heterocycles. The zero-order valence-corrected chi connectivity index (χ0v) is 18.5. The molecule has 2 amide bonds. The maximum absolute atomic E-state index is 12.9. The van der Waals surface area contributed by atoms with Gasteiger partial charge in [0.2, 0.25) is 11.8 Å². The molecule has 3 atom stereocenters. The summed E-state index contributed by atoms with van der Waals surface area (Å²) in [6.45, 7) is 6.10. The standard InChI is InChI=1S/C24H34N4O3/c1-15(2)22(27-14-19(25)12-17-7-5-4-6-8-17)24(31)28-20(23(26)30)13-18-9-10-21(29)16(3)11-18/h4-11,15,19-20,22,27,29H,12-14,25H2,1-3H3,(H2,26,30)(H,28,31)/t19-,20-,22-/m0/s1. The Morgan fingerprint density at radius 3 is 2.29 bits per heavy atom. The third-order valence-corrected chi connectivity index (χ3v) is 5.25. The number of benzene rings is 2. The Hall–Kier alpha value is -2.90. The lowest BCUT2D eigenvalue weighted by Crippen LogP contribution is -2.55. The van der Waals surface area contributed by atoms with Crippen molar-refractivity contribution in [2.24, 2.45) is 17.4 Å². The van der Waals surface area contributed by atoms with Crippen molar-refractivity contribution in [3.63, 3.8) is 0 Å². The summed E-state index contributed by atoms with van der Waals surface area (Å²) in [4.78, 5) is 24.9. The smallest absolute Gasteiger partial charge is 0.240 e. The highest BCUT2D eigenvalue weighted by atomic mass is 16.3. The van der Waals surface area contributed by atoms with Crippen LogP contribution in [0, 0.1) is 12.8 Å². The van der Waals surface area contributed by atoms with Crippen LogP contribution in [0.2, 0.25) is 0 Å². The summed E-state index contributed by atoms with van der Waals surface area (Å²) in [5.74, 6) is -0.726. The number of phenols is 1. The molecular weight excluding hydrogens is 392 g/mol. The van der Waals surface area contributed by atoms with E-state index in [0.29, 0.717) is 18.5 Å². The summed E-state index contributed by atoms with van der Waals surface area (Å²) in [6, 6.07) is 13.5. The first-order chi connectivity index (χ1) is 14.7. The van der Waals surface area contributed by atoms with E-state index in [0.717, 1.165) is 11.1 Å². The van der Waals surface area contributed by atoms with Crippen LogP contribution in [0.4, 0.5) is 0 Å². The van der Waals surface area contributed by atoms with E-state index in [4.69, 9.17) is 11.5 Å². The number of hydrogen-bond acceptors (Lipinski definition) is 5. The molecule has 0 unspecified atom stereocenters. The van der Waals surface area contributed by atoms with Crippen LogP contribution in [0.3, 0.4) is 0 Å². The predicted octanol–water partition coefficient (Wildman–Crippen LogP) is 1.40. The van der Waals surface area contributed by atoms with Crippen LogP contribution in [-0.2, 0) is 22.4 Å². The van der Waals surface area contributed by atoms with E-state index in [1.54, 1.807) is 25.1 Å². The van der Waals surface area contributed by atoms with E-state index < -0.39 is 18.0 Å². The second kappa shape index (κ2) is 11.5. The third-order valence-electron chi connectivity index (χ3n) is 5.25. The van der Waals surface area contributed by atoms with E-state index in [-0.39, 0.29) is 30.0 Å². The maximum Gasteiger partial charge on any atom is 0.240 e. The molecule has 0 bridgehead atoms. The summed E-state index contributed by atoms with van der Waals surface area (Å²) in [5, 5.41) is 15.7. The van der Waals surface area contributed by atoms with Crippen molar-refractivity contribution < 1.29 is 14.7 Å². The highest BCUT2D eigenvalue weighted by Crippen LogP contribution is 2.18. The molecule has 0 fully saturated rings. The number of primary amides is 1. The van der Waals surface area contributed by atoms with Gasteiger partial charge in [-0.05, 0) is 42.0 Å². The van der Waals surface area contributed by atoms with Crippen molar-refractivity contribution in [3.8, 4) is 5.75 Å². The van der Waals surface area contributed by atoms with Crippen LogP contribution in [0.5, 0.6) is 5.75 Å². The quantitative estimate of drug-likeness (QED) is 0.371. The molecule has 0 aliphatic rings. The number of amides is 2. The van der Waals surface area contributed by atoms with Crippen LogP contribution in [-0.4, -0.2) is 41.6 Å². The van der Waals surface area contributed by atoms with Crippen LogP contribution >= 0.6 is 0 Å². The Morgan fingerprint density at radius 1 is 1.03 bits per heavy atom. The summed E-state index contributed by atoms with van der Waals surface area (Å²) in [6.07, 6.45) is 0.949. The molecule has 0 saturated carbocycles. The SMILES string of the molecule is Cc1cc(C[C@H](NC(=O)[C@@H](NC[C@@H](N)Cc2ccccc2)C(C)C)C(N)=O)ccc1O. The molecule has 31 heavy (non-hydrogen) atoms. The third kappa shape index (κ3) is 7.70.